The average molecular weight is 306 g/mol. The lowest BCUT2D eigenvalue weighted by molar-refractivity contribution is 0.274. The van der Waals surface area contributed by atoms with Gasteiger partial charge in [0.1, 0.15) is 23.3 Å². The summed E-state index contributed by atoms with van der Waals surface area (Å²) in [5, 5.41) is 0.383. The first-order chi connectivity index (χ1) is 10.6. The standard InChI is InChI=1S/C15H16F2N4O/c1-8-11(16)12-10-13(20-15(17)19-12)21-6-4-2-3-5-9(21)7-22-14(10)18-8/h9H,2-7H2,1H3/t9-/m0/s1. The molecule has 0 saturated carbocycles. The van der Waals surface area contributed by atoms with Crippen LogP contribution in [-0.4, -0.2) is 34.1 Å². The summed E-state index contributed by atoms with van der Waals surface area (Å²) in [6.07, 6.45) is 3.25. The van der Waals surface area contributed by atoms with Gasteiger partial charge in [-0.25, -0.2) is 9.37 Å². The molecule has 1 atom stereocenters. The number of halogens is 2. The first-order valence-electron chi connectivity index (χ1n) is 7.58. The van der Waals surface area contributed by atoms with Gasteiger partial charge in [0, 0.05) is 6.54 Å². The molecule has 0 spiro atoms. The lowest BCUT2D eigenvalue weighted by Gasteiger charge is -2.28. The molecule has 0 unspecified atom stereocenters. The number of hydrogen-bond acceptors (Lipinski definition) is 5. The van der Waals surface area contributed by atoms with Gasteiger partial charge in [-0.05, 0) is 19.8 Å². The minimum atomic E-state index is -0.914. The zero-order valence-corrected chi connectivity index (χ0v) is 12.3. The van der Waals surface area contributed by atoms with Crippen LogP contribution in [0.15, 0.2) is 0 Å². The van der Waals surface area contributed by atoms with Crippen molar-refractivity contribution in [3.63, 3.8) is 0 Å². The van der Waals surface area contributed by atoms with E-state index in [1.807, 2.05) is 4.90 Å². The Bertz CT molecular complexity index is 752. The summed E-state index contributed by atoms with van der Waals surface area (Å²) >= 11 is 0. The van der Waals surface area contributed by atoms with Gasteiger partial charge in [0.2, 0.25) is 5.88 Å². The highest BCUT2D eigenvalue weighted by Gasteiger charge is 2.31. The van der Waals surface area contributed by atoms with E-state index in [0.29, 0.717) is 23.7 Å². The van der Waals surface area contributed by atoms with Crippen molar-refractivity contribution < 1.29 is 13.5 Å². The van der Waals surface area contributed by atoms with Crippen molar-refractivity contribution in [2.24, 2.45) is 0 Å². The second-order valence-corrected chi connectivity index (χ2v) is 5.86. The summed E-state index contributed by atoms with van der Waals surface area (Å²) in [4.78, 5) is 13.8. The molecule has 2 aliphatic heterocycles. The highest BCUT2D eigenvalue weighted by molar-refractivity contribution is 5.94. The van der Waals surface area contributed by atoms with Crippen molar-refractivity contribution >= 4 is 16.7 Å². The fraction of sp³-hybridized carbons (Fsp3) is 0.533. The number of ether oxygens (including phenoxy) is 1. The number of anilines is 1. The van der Waals surface area contributed by atoms with Gasteiger partial charge in [0.25, 0.3) is 0 Å². The Balaban J connectivity index is 2.02. The second kappa shape index (κ2) is 5.00. The maximum Gasteiger partial charge on any atom is 0.311 e. The zero-order valence-electron chi connectivity index (χ0n) is 12.3. The average Bonchev–Trinajstić information content (AvgIpc) is 2.80. The van der Waals surface area contributed by atoms with Crippen LogP contribution in [0, 0.1) is 18.8 Å². The van der Waals surface area contributed by atoms with E-state index < -0.39 is 11.9 Å². The zero-order chi connectivity index (χ0) is 15.3. The van der Waals surface area contributed by atoms with Crippen LogP contribution >= 0.6 is 0 Å². The van der Waals surface area contributed by atoms with Crippen molar-refractivity contribution in [3.8, 4) is 5.88 Å². The monoisotopic (exact) mass is 306 g/mol. The van der Waals surface area contributed by atoms with Crippen LogP contribution in [-0.2, 0) is 0 Å². The number of aryl methyl sites for hydroxylation is 1. The number of hydrogen-bond donors (Lipinski definition) is 0. The lowest BCUT2D eigenvalue weighted by Crippen LogP contribution is -2.38. The lowest BCUT2D eigenvalue weighted by atomic mass is 10.1. The summed E-state index contributed by atoms with van der Waals surface area (Å²) in [6, 6.07) is 0.109. The first kappa shape index (κ1) is 13.6. The van der Waals surface area contributed by atoms with Gasteiger partial charge in [-0.2, -0.15) is 14.4 Å². The largest absolute Gasteiger partial charge is 0.475 e. The van der Waals surface area contributed by atoms with Crippen LogP contribution in [0.3, 0.4) is 0 Å². The van der Waals surface area contributed by atoms with Gasteiger partial charge in [-0.3, -0.25) is 0 Å². The molecule has 0 radical (unpaired) electrons. The minimum absolute atomic E-state index is 0.0464. The van der Waals surface area contributed by atoms with E-state index in [1.165, 1.54) is 6.92 Å². The highest BCUT2D eigenvalue weighted by atomic mass is 19.1. The molecule has 5 nitrogen and oxygen atoms in total. The van der Waals surface area contributed by atoms with Gasteiger partial charge in [0.05, 0.1) is 11.7 Å². The summed E-state index contributed by atoms with van der Waals surface area (Å²) in [7, 11) is 0. The van der Waals surface area contributed by atoms with E-state index in [0.717, 1.165) is 32.2 Å². The smallest absolute Gasteiger partial charge is 0.311 e. The highest BCUT2D eigenvalue weighted by Crippen LogP contribution is 2.38. The van der Waals surface area contributed by atoms with Crippen LogP contribution in [0.1, 0.15) is 31.4 Å². The van der Waals surface area contributed by atoms with Crippen LogP contribution in [0.5, 0.6) is 5.88 Å². The molecule has 2 aromatic rings. The number of nitrogens with zero attached hydrogens (tertiary/aromatic N) is 4. The van der Waals surface area contributed by atoms with Gasteiger partial charge in [-0.15, -0.1) is 0 Å². The Labute approximate surface area is 126 Å². The van der Waals surface area contributed by atoms with Crippen molar-refractivity contribution in [1.82, 2.24) is 15.0 Å². The molecule has 1 fully saturated rings. The van der Waals surface area contributed by atoms with E-state index in [2.05, 4.69) is 15.0 Å². The Morgan fingerprint density at radius 2 is 2.00 bits per heavy atom. The second-order valence-electron chi connectivity index (χ2n) is 5.86. The normalized spacial score (nSPS) is 21.0. The maximum absolute atomic E-state index is 14.3. The number of aromatic nitrogens is 3. The van der Waals surface area contributed by atoms with Crippen molar-refractivity contribution in [1.29, 1.82) is 0 Å². The topological polar surface area (TPSA) is 51.1 Å². The SMILES string of the molecule is Cc1nc2c3c(nc(F)nc3c1F)N1CCCCC[C@H]1CO2. The Morgan fingerprint density at radius 1 is 1.14 bits per heavy atom. The molecule has 116 valence electrons. The van der Waals surface area contributed by atoms with E-state index in [-0.39, 0.29) is 17.3 Å². The molecule has 0 N–H and O–H groups in total. The molecule has 0 aliphatic carbocycles. The third-order valence-corrected chi connectivity index (χ3v) is 4.43. The van der Waals surface area contributed by atoms with E-state index >= 15 is 0 Å². The van der Waals surface area contributed by atoms with Gasteiger partial charge in [0.15, 0.2) is 5.82 Å². The predicted molar refractivity (Wildman–Crippen MR) is 77.1 cm³/mol. The van der Waals surface area contributed by atoms with E-state index in [4.69, 9.17) is 4.74 Å². The van der Waals surface area contributed by atoms with Gasteiger partial charge < -0.3 is 9.64 Å². The molecule has 1 saturated heterocycles. The molecule has 0 amide bonds. The molecule has 22 heavy (non-hydrogen) atoms. The molecule has 4 heterocycles. The molecule has 2 aliphatic rings. The van der Waals surface area contributed by atoms with Crippen molar-refractivity contribution in [2.45, 2.75) is 38.6 Å². The third-order valence-electron chi connectivity index (χ3n) is 4.43. The molecule has 0 aromatic carbocycles. The molecule has 0 bridgehead atoms. The van der Waals surface area contributed by atoms with Gasteiger partial charge in [-0.1, -0.05) is 12.8 Å². The van der Waals surface area contributed by atoms with E-state index in [9.17, 15) is 8.78 Å². The quantitative estimate of drug-likeness (QED) is 0.701. The third kappa shape index (κ3) is 1.99. The predicted octanol–water partition coefficient (Wildman–Crippen LogP) is 2.75. The van der Waals surface area contributed by atoms with Crippen LogP contribution in [0.2, 0.25) is 0 Å². The van der Waals surface area contributed by atoms with Crippen LogP contribution in [0.25, 0.3) is 10.9 Å². The van der Waals surface area contributed by atoms with Crippen LogP contribution in [0.4, 0.5) is 14.6 Å². The first-order valence-corrected chi connectivity index (χ1v) is 7.58. The Hall–Kier alpha value is -2.05. The molecule has 7 heteroatoms. The summed E-state index contributed by atoms with van der Waals surface area (Å²) < 4.78 is 34.0. The maximum atomic E-state index is 14.3. The molecule has 4 rings (SSSR count). The molecule has 2 aromatic heterocycles. The van der Waals surface area contributed by atoms with Crippen LogP contribution < -0.4 is 9.64 Å². The summed E-state index contributed by atoms with van der Waals surface area (Å²) in [5.41, 5.74) is 0.110. The number of rotatable bonds is 0. The fourth-order valence-electron chi connectivity index (χ4n) is 3.32. The van der Waals surface area contributed by atoms with Crippen molar-refractivity contribution in [3.05, 3.63) is 17.6 Å². The Morgan fingerprint density at radius 3 is 2.86 bits per heavy atom. The Kier molecular flexibility index (Phi) is 3.09. The van der Waals surface area contributed by atoms with Gasteiger partial charge >= 0.3 is 6.08 Å². The minimum Gasteiger partial charge on any atom is -0.475 e. The fourth-order valence-corrected chi connectivity index (χ4v) is 3.32. The van der Waals surface area contributed by atoms with Crippen molar-refractivity contribution in [2.75, 3.05) is 18.1 Å². The number of pyridine rings is 1. The molecular weight excluding hydrogens is 290 g/mol. The molecular formula is C15H16F2N4O. The number of fused-ring (bicyclic) bond motifs is 2. The summed E-state index contributed by atoms with van der Waals surface area (Å²) in [5.74, 6) is 0.100. The summed E-state index contributed by atoms with van der Waals surface area (Å²) in [6.45, 7) is 2.73. The van der Waals surface area contributed by atoms with E-state index in [1.54, 1.807) is 0 Å².